The van der Waals surface area contributed by atoms with Crippen molar-refractivity contribution in [2.75, 3.05) is 20.3 Å². The molecule has 4 heteroatoms. The number of benzene rings is 1. The van der Waals surface area contributed by atoms with Gasteiger partial charge in [0.1, 0.15) is 6.61 Å². The molecule has 0 aromatic heterocycles. The first kappa shape index (κ1) is 10.3. The van der Waals surface area contributed by atoms with Gasteiger partial charge in [-0.05, 0) is 18.2 Å². The molecule has 0 amide bonds. The monoisotopic (exact) mass is 245 g/mol. The number of hydrogen-bond donors (Lipinski definition) is 1. The molecule has 0 saturated heterocycles. The van der Waals surface area contributed by atoms with E-state index in [-0.39, 0.29) is 0 Å². The fourth-order valence-electron chi connectivity index (χ4n) is 0.932. The van der Waals surface area contributed by atoms with Crippen molar-refractivity contribution in [3.63, 3.8) is 0 Å². The minimum atomic E-state index is 0.493. The second-order valence-electron chi connectivity index (χ2n) is 2.43. The molecular weight excluding hydrogens is 234 g/mol. The van der Waals surface area contributed by atoms with Crippen molar-refractivity contribution in [1.29, 1.82) is 0 Å². The lowest BCUT2D eigenvalue weighted by Gasteiger charge is -2.09. The minimum Gasteiger partial charge on any atom is -0.493 e. The summed E-state index contributed by atoms with van der Waals surface area (Å²) in [4.78, 5) is 0. The molecule has 0 aliphatic carbocycles. The van der Waals surface area contributed by atoms with E-state index in [0.717, 1.165) is 10.2 Å². The molecular formula is C9H12BrNO2. The third-order valence-corrected chi connectivity index (χ3v) is 1.99. The summed E-state index contributed by atoms with van der Waals surface area (Å²) < 4.78 is 11.4. The molecule has 3 nitrogen and oxygen atoms in total. The lowest BCUT2D eigenvalue weighted by Crippen LogP contribution is -2.11. The van der Waals surface area contributed by atoms with Gasteiger partial charge in [0.15, 0.2) is 11.5 Å². The Morgan fingerprint density at radius 2 is 2.15 bits per heavy atom. The van der Waals surface area contributed by atoms with Crippen LogP contribution >= 0.6 is 15.9 Å². The van der Waals surface area contributed by atoms with E-state index in [1.807, 2.05) is 18.2 Å². The third-order valence-electron chi connectivity index (χ3n) is 1.50. The van der Waals surface area contributed by atoms with Crippen LogP contribution in [0.15, 0.2) is 22.7 Å². The molecule has 0 saturated carbocycles. The second kappa shape index (κ2) is 5.09. The standard InChI is InChI=1S/C9H12BrNO2/c1-12-8-3-2-7(10)6-9(8)13-5-4-11/h2-3,6H,4-5,11H2,1H3. The number of methoxy groups -OCH3 is 1. The molecule has 72 valence electrons. The topological polar surface area (TPSA) is 44.5 Å². The molecule has 0 radical (unpaired) electrons. The highest BCUT2D eigenvalue weighted by molar-refractivity contribution is 9.10. The molecule has 1 aromatic rings. The zero-order valence-corrected chi connectivity index (χ0v) is 9.00. The van der Waals surface area contributed by atoms with Gasteiger partial charge in [-0.1, -0.05) is 15.9 Å². The maximum atomic E-state index is 5.38. The van der Waals surface area contributed by atoms with Crippen LogP contribution in [0.1, 0.15) is 0 Å². The Kier molecular flexibility index (Phi) is 4.05. The quantitative estimate of drug-likeness (QED) is 0.880. The average Bonchev–Trinajstić information content (AvgIpc) is 2.15. The van der Waals surface area contributed by atoms with E-state index >= 15 is 0 Å². The molecule has 13 heavy (non-hydrogen) atoms. The van der Waals surface area contributed by atoms with Crippen molar-refractivity contribution < 1.29 is 9.47 Å². The molecule has 0 unspecified atom stereocenters. The van der Waals surface area contributed by atoms with Gasteiger partial charge in [0.05, 0.1) is 7.11 Å². The predicted molar refractivity (Wildman–Crippen MR) is 55.2 cm³/mol. The fraction of sp³-hybridized carbons (Fsp3) is 0.333. The normalized spacial score (nSPS) is 9.77. The Labute approximate surface area is 86.0 Å². The Balaban J connectivity index is 2.81. The molecule has 0 aliphatic rings. The van der Waals surface area contributed by atoms with Crippen molar-refractivity contribution in [1.82, 2.24) is 0 Å². The molecule has 0 atom stereocenters. The first-order valence-electron chi connectivity index (χ1n) is 3.94. The minimum absolute atomic E-state index is 0.493. The molecule has 0 spiro atoms. The Bertz CT molecular complexity index is 278. The van der Waals surface area contributed by atoms with E-state index in [4.69, 9.17) is 15.2 Å². The van der Waals surface area contributed by atoms with Crippen molar-refractivity contribution >= 4 is 15.9 Å². The fourth-order valence-corrected chi connectivity index (χ4v) is 1.27. The first-order valence-corrected chi connectivity index (χ1v) is 4.73. The zero-order valence-electron chi connectivity index (χ0n) is 7.42. The van der Waals surface area contributed by atoms with Gasteiger partial charge in [-0.2, -0.15) is 0 Å². The number of hydrogen-bond acceptors (Lipinski definition) is 3. The summed E-state index contributed by atoms with van der Waals surface area (Å²) in [5, 5.41) is 0. The van der Waals surface area contributed by atoms with Crippen LogP contribution in [-0.2, 0) is 0 Å². The Morgan fingerprint density at radius 1 is 1.38 bits per heavy atom. The summed E-state index contributed by atoms with van der Waals surface area (Å²) >= 11 is 3.35. The van der Waals surface area contributed by atoms with Gasteiger partial charge < -0.3 is 15.2 Å². The second-order valence-corrected chi connectivity index (χ2v) is 3.35. The lowest BCUT2D eigenvalue weighted by molar-refractivity contribution is 0.302. The van der Waals surface area contributed by atoms with E-state index in [1.165, 1.54) is 0 Å². The average molecular weight is 246 g/mol. The highest BCUT2D eigenvalue weighted by atomic mass is 79.9. The van der Waals surface area contributed by atoms with Crippen LogP contribution < -0.4 is 15.2 Å². The van der Waals surface area contributed by atoms with Crippen molar-refractivity contribution in [3.05, 3.63) is 22.7 Å². The van der Waals surface area contributed by atoms with Gasteiger partial charge in [0.2, 0.25) is 0 Å². The Morgan fingerprint density at radius 3 is 2.77 bits per heavy atom. The van der Waals surface area contributed by atoms with Gasteiger partial charge in [-0.15, -0.1) is 0 Å². The molecule has 1 rings (SSSR count). The van der Waals surface area contributed by atoms with Crippen LogP contribution in [0.4, 0.5) is 0 Å². The summed E-state index contributed by atoms with van der Waals surface area (Å²) in [7, 11) is 1.61. The summed E-state index contributed by atoms with van der Waals surface area (Å²) in [5.41, 5.74) is 5.33. The molecule has 0 heterocycles. The van der Waals surface area contributed by atoms with Gasteiger partial charge in [-0.25, -0.2) is 0 Å². The molecule has 0 bridgehead atoms. The number of rotatable bonds is 4. The number of ether oxygens (including phenoxy) is 2. The van der Waals surface area contributed by atoms with Crippen LogP contribution in [0, 0.1) is 0 Å². The van der Waals surface area contributed by atoms with Crippen LogP contribution in [-0.4, -0.2) is 20.3 Å². The molecule has 0 fully saturated rings. The molecule has 0 aliphatic heterocycles. The van der Waals surface area contributed by atoms with Gasteiger partial charge in [0.25, 0.3) is 0 Å². The van der Waals surface area contributed by atoms with Crippen molar-refractivity contribution in [2.45, 2.75) is 0 Å². The van der Waals surface area contributed by atoms with Crippen molar-refractivity contribution in [2.24, 2.45) is 5.73 Å². The lowest BCUT2D eigenvalue weighted by atomic mass is 10.3. The van der Waals surface area contributed by atoms with E-state index in [1.54, 1.807) is 7.11 Å². The first-order chi connectivity index (χ1) is 6.27. The van der Waals surface area contributed by atoms with Crippen LogP contribution in [0.25, 0.3) is 0 Å². The highest BCUT2D eigenvalue weighted by Crippen LogP contribution is 2.29. The van der Waals surface area contributed by atoms with E-state index in [2.05, 4.69) is 15.9 Å². The summed E-state index contributed by atoms with van der Waals surface area (Å²) in [6.07, 6.45) is 0. The van der Waals surface area contributed by atoms with Crippen LogP contribution in [0.3, 0.4) is 0 Å². The van der Waals surface area contributed by atoms with E-state index in [0.29, 0.717) is 18.9 Å². The largest absolute Gasteiger partial charge is 0.493 e. The summed E-state index contributed by atoms with van der Waals surface area (Å²) in [6, 6.07) is 5.60. The summed E-state index contributed by atoms with van der Waals surface area (Å²) in [6.45, 7) is 0.989. The number of halogens is 1. The Hall–Kier alpha value is -0.740. The van der Waals surface area contributed by atoms with Gasteiger partial charge in [-0.3, -0.25) is 0 Å². The predicted octanol–water partition coefficient (Wildman–Crippen LogP) is 1.80. The smallest absolute Gasteiger partial charge is 0.162 e. The van der Waals surface area contributed by atoms with E-state index < -0.39 is 0 Å². The van der Waals surface area contributed by atoms with E-state index in [9.17, 15) is 0 Å². The summed E-state index contributed by atoms with van der Waals surface area (Å²) in [5.74, 6) is 1.43. The third kappa shape index (κ3) is 2.90. The zero-order chi connectivity index (χ0) is 9.68. The highest BCUT2D eigenvalue weighted by Gasteiger charge is 2.03. The maximum Gasteiger partial charge on any atom is 0.162 e. The van der Waals surface area contributed by atoms with Crippen LogP contribution in [0.5, 0.6) is 11.5 Å². The molecule has 2 N–H and O–H groups in total. The maximum absolute atomic E-state index is 5.38. The van der Waals surface area contributed by atoms with Gasteiger partial charge >= 0.3 is 0 Å². The van der Waals surface area contributed by atoms with Gasteiger partial charge in [0, 0.05) is 11.0 Å². The molecule has 1 aromatic carbocycles. The number of nitrogens with two attached hydrogens (primary N) is 1. The van der Waals surface area contributed by atoms with Crippen molar-refractivity contribution in [3.8, 4) is 11.5 Å². The van der Waals surface area contributed by atoms with Crippen LogP contribution in [0.2, 0.25) is 0 Å². The SMILES string of the molecule is COc1ccc(Br)cc1OCCN.